The van der Waals surface area contributed by atoms with Gasteiger partial charge in [0.25, 0.3) is 5.91 Å². The Balaban J connectivity index is 2.49. The number of ether oxygens (including phenoxy) is 2. The van der Waals surface area contributed by atoms with Crippen molar-refractivity contribution in [3.63, 3.8) is 0 Å². The molecule has 7 heteroatoms. The number of carbonyl (C=O) groups is 3. The molecule has 1 amide bonds. The average molecular weight is 441 g/mol. The minimum absolute atomic E-state index is 0.195. The summed E-state index contributed by atoms with van der Waals surface area (Å²) in [5.74, 6) is -0.451. The van der Waals surface area contributed by atoms with Crippen molar-refractivity contribution in [3.8, 4) is 5.75 Å². The first-order valence-electron chi connectivity index (χ1n) is 10.7. The van der Waals surface area contributed by atoms with Gasteiger partial charge in [0.1, 0.15) is 11.4 Å². The Morgan fingerprint density at radius 1 is 1.22 bits per heavy atom. The van der Waals surface area contributed by atoms with Crippen LogP contribution >= 0.6 is 0 Å². The van der Waals surface area contributed by atoms with Crippen molar-refractivity contribution in [1.29, 1.82) is 0 Å². The van der Waals surface area contributed by atoms with E-state index in [1.807, 2.05) is 6.92 Å². The summed E-state index contributed by atoms with van der Waals surface area (Å²) >= 11 is 0. The molecule has 0 spiro atoms. The van der Waals surface area contributed by atoms with Gasteiger partial charge >= 0.3 is 5.97 Å². The lowest BCUT2D eigenvalue weighted by molar-refractivity contribution is 0.0512. The van der Waals surface area contributed by atoms with Crippen LogP contribution in [-0.2, 0) is 11.3 Å². The molecule has 32 heavy (non-hydrogen) atoms. The first-order valence-corrected chi connectivity index (χ1v) is 10.7. The Hall–Kier alpha value is -3.35. The number of esters is 1. The zero-order valence-electron chi connectivity index (χ0n) is 19.7. The van der Waals surface area contributed by atoms with Crippen LogP contribution in [0.15, 0.2) is 36.9 Å². The SMILES string of the molecule is C=CCN(C(=O)c1cccc(OC)c1)C(C)C(=O)c1c(C)c(C(=O)OCC)n(CC)c1C. The third-order valence-corrected chi connectivity index (χ3v) is 5.55. The summed E-state index contributed by atoms with van der Waals surface area (Å²) in [6.45, 7) is 13.6. The molecule has 0 aliphatic carbocycles. The highest BCUT2D eigenvalue weighted by atomic mass is 16.5. The second-order valence-corrected chi connectivity index (χ2v) is 7.42. The molecule has 0 fully saturated rings. The lowest BCUT2D eigenvalue weighted by Gasteiger charge is -2.28. The van der Waals surface area contributed by atoms with E-state index in [9.17, 15) is 14.4 Å². The second kappa shape index (κ2) is 10.8. The topological polar surface area (TPSA) is 77.8 Å². The molecule has 172 valence electrons. The molecule has 0 radical (unpaired) electrons. The Bertz CT molecular complexity index is 1020. The lowest BCUT2D eigenvalue weighted by Crippen LogP contribution is -2.43. The van der Waals surface area contributed by atoms with E-state index in [1.165, 1.54) is 12.0 Å². The van der Waals surface area contributed by atoms with E-state index in [0.29, 0.717) is 40.4 Å². The van der Waals surface area contributed by atoms with Crippen molar-refractivity contribution in [2.45, 2.75) is 47.2 Å². The van der Waals surface area contributed by atoms with Gasteiger partial charge in [0.15, 0.2) is 5.78 Å². The summed E-state index contributed by atoms with van der Waals surface area (Å²) in [6.07, 6.45) is 1.59. The summed E-state index contributed by atoms with van der Waals surface area (Å²) in [7, 11) is 1.53. The van der Waals surface area contributed by atoms with Crippen molar-refractivity contribution in [1.82, 2.24) is 9.47 Å². The third kappa shape index (κ3) is 4.77. The number of aromatic nitrogens is 1. The number of methoxy groups -OCH3 is 1. The highest BCUT2D eigenvalue weighted by Gasteiger charge is 2.33. The third-order valence-electron chi connectivity index (χ3n) is 5.55. The van der Waals surface area contributed by atoms with Crippen molar-refractivity contribution in [2.24, 2.45) is 0 Å². The zero-order chi connectivity index (χ0) is 24.0. The van der Waals surface area contributed by atoms with Crippen LogP contribution in [0, 0.1) is 13.8 Å². The predicted octanol–water partition coefficient (Wildman–Crippen LogP) is 4.21. The van der Waals surface area contributed by atoms with Gasteiger partial charge in [0.2, 0.25) is 0 Å². The molecule has 0 bridgehead atoms. The van der Waals surface area contributed by atoms with Crippen LogP contribution in [0.4, 0.5) is 0 Å². The van der Waals surface area contributed by atoms with Crippen LogP contribution in [0.2, 0.25) is 0 Å². The fourth-order valence-corrected chi connectivity index (χ4v) is 3.94. The number of Topliss-reactive ketones (excluding diaryl/α,β-unsaturated/α-hetero) is 1. The molecule has 0 aliphatic rings. The van der Waals surface area contributed by atoms with Gasteiger partial charge in [-0.05, 0) is 58.4 Å². The van der Waals surface area contributed by atoms with E-state index >= 15 is 0 Å². The molecule has 2 rings (SSSR count). The van der Waals surface area contributed by atoms with Crippen LogP contribution < -0.4 is 4.74 Å². The Kier molecular flexibility index (Phi) is 8.41. The van der Waals surface area contributed by atoms with Gasteiger partial charge in [-0.2, -0.15) is 0 Å². The molecular weight excluding hydrogens is 408 g/mol. The average Bonchev–Trinajstić information content (AvgIpc) is 3.05. The number of hydrogen-bond acceptors (Lipinski definition) is 5. The summed E-state index contributed by atoms with van der Waals surface area (Å²) in [5.41, 5.74) is 2.47. The summed E-state index contributed by atoms with van der Waals surface area (Å²) < 4.78 is 12.2. The van der Waals surface area contributed by atoms with Crippen LogP contribution in [0.1, 0.15) is 63.2 Å². The predicted molar refractivity (Wildman–Crippen MR) is 124 cm³/mol. The lowest BCUT2D eigenvalue weighted by atomic mass is 9.99. The maximum absolute atomic E-state index is 13.6. The van der Waals surface area contributed by atoms with Gasteiger partial charge in [-0.15, -0.1) is 6.58 Å². The van der Waals surface area contributed by atoms with Gasteiger partial charge in [-0.3, -0.25) is 9.59 Å². The van der Waals surface area contributed by atoms with Crippen LogP contribution in [0.5, 0.6) is 5.75 Å². The normalized spacial score (nSPS) is 11.6. The number of amides is 1. The van der Waals surface area contributed by atoms with Gasteiger partial charge in [-0.25, -0.2) is 4.79 Å². The number of benzene rings is 1. The van der Waals surface area contributed by atoms with E-state index < -0.39 is 12.0 Å². The minimum atomic E-state index is -0.771. The molecule has 1 unspecified atom stereocenters. The Morgan fingerprint density at radius 2 is 1.91 bits per heavy atom. The summed E-state index contributed by atoms with van der Waals surface area (Å²) in [4.78, 5) is 40.9. The molecule has 0 aliphatic heterocycles. The quantitative estimate of drug-likeness (QED) is 0.314. The van der Waals surface area contributed by atoms with E-state index in [0.717, 1.165) is 0 Å². The van der Waals surface area contributed by atoms with Crippen LogP contribution in [0.25, 0.3) is 0 Å². The van der Waals surface area contributed by atoms with Crippen molar-refractivity contribution in [2.75, 3.05) is 20.3 Å². The van der Waals surface area contributed by atoms with Gasteiger partial charge in [0.05, 0.1) is 19.8 Å². The number of rotatable bonds is 10. The fraction of sp³-hybridized carbons (Fsp3) is 0.400. The van der Waals surface area contributed by atoms with Gasteiger partial charge in [0, 0.05) is 29.9 Å². The van der Waals surface area contributed by atoms with E-state index in [4.69, 9.17) is 9.47 Å². The standard InChI is InChI=1S/C25H32N2O5/c1-8-14-27(24(29)19-12-11-13-20(15-19)31-7)18(6)23(28)21-16(4)22(25(30)32-10-3)26(9-2)17(21)5/h8,11-13,15,18H,1,9-10,14H2,2-7H3. The molecule has 0 N–H and O–H groups in total. The smallest absolute Gasteiger partial charge is 0.355 e. The maximum atomic E-state index is 13.6. The van der Waals surface area contributed by atoms with Crippen molar-refractivity contribution >= 4 is 17.7 Å². The Labute approximate surface area is 189 Å². The molecular formula is C25H32N2O5. The summed E-state index contributed by atoms with van der Waals surface area (Å²) in [5, 5.41) is 0. The fourth-order valence-electron chi connectivity index (χ4n) is 3.94. The van der Waals surface area contributed by atoms with Crippen molar-refractivity contribution < 1.29 is 23.9 Å². The zero-order valence-corrected chi connectivity index (χ0v) is 19.7. The first kappa shape index (κ1) is 24.9. The number of carbonyl (C=O) groups excluding carboxylic acids is 3. The number of hydrogen-bond donors (Lipinski definition) is 0. The van der Waals surface area contributed by atoms with E-state index in [-0.39, 0.29) is 24.8 Å². The number of ketones is 1. The molecule has 1 aromatic carbocycles. The molecule has 0 saturated heterocycles. The molecule has 7 nitrogen and oxygen atoms in total. The minimum Gasteiger partial charge on any atom is -0.497 e. The highest BCUT2D eigenvalue weighted by molar-refractivity contribution is 6.07. The van der Waals surface area contributed by atoms with Crippen molar-refractivity contribution in [3.05, 3.63) is 65.0 Å². The monoisotopic (exact) mass is 440 g/mol. The summed E-state index contributed by atoms with van der Waals surface area (Å²) in [6, 6.07) is 6.03. The van der Waals surface area contributed by atoms with Crippen LogP contribution in [0.3, 0.4) is 0 Å². The van der Waals surface area contributed by atoms with Crippen LogP contribution in [-0.4, -0.2) is 53.4 Å². The molecule has 0 saturated carbocycles. The van der Waals surface area contributed by atoms with Gasteiger partial charge in [-0.1, -0.05) is 12.1 Å². The second-order valence-electron chi connectivity index (χ2n) is 7.42. The Morgan fingerprint density at radius 3 is 2.47 bits per heavy atom. The highest BCUT2D eigenvalue weighted by Crippen LogP contribution is 2.26. The van der Waals surface area contributed by atoms with E-state index in [1.54, 1.807) is 62.6 Å². The molecule has 2 aromatic rings. The molecule has 1 atom stereocenters. The number of nitrogens with zero attached hydrogens (tertiary/aromatic N) is 2. The molecule has 1 heterocycles. The molecule has 1 aromatic heterocycles. The largest absolute Gasteiger partial charge is 0.497 e. The van der Waals surface area contributed by atoms with E-state index in [2.05, 4.69) is 6.58 Å². The maximum Gasteiger partial charge on any atom is 0.355 e. The first-order chi connectivity index (χ1) is 15.2. The van der Waals surface area contributed by atoms with Gasteiger partial charge < -0.3 is 18.9 Å².